The molecule has 3 aliphatic rings. The number of H-pyrrole nitrogens is 2. The van der Waals surface area contributed by atoms with Crippen LogP contribution in [0.1, 0.15) is 54.9 Å². The highest BCUT2D eigenvalue weighted by Crippen LogP contribution is 2.40. The Kier molecular flexibility index (Phi) is 9.77. The van der Waals surface area contributed by atoms with Gasteiger partial charge in [-0.05, 0) is 103 Å². The summed E-state index contributed by atoms with van der Waals surface area (Å²) in [4.78, 5) is 30.9. The molecule has 1 fully saturated rings. The average Bonchev–Trinajstić information content (AvgIpc) is 4.06. The third kappa shape index (κ3) is 7.32. The molecule has 0 saturated carbocycles. The largest absolute Gasteiger partial charge is 0.355 e. The molecule has 3 N–H and O–H groups in total. The number of carbonyl (C=O) groups excluding carboxylic acids is 1. The van der Waals surface area contributed by atoms with Crippen LogP contribution in [0.5, 0.6) is 0 Å². The Morgan fingerprint density at radius 3 is 1.70 bits per heavy atom. The van der Waals surface area contributed by atoms with E-state index in [0.717, 1.165) is 102 Å². The molecule has 1 saturated heterocycles. The van der Waals surface area contributed by atoms with Crippen molar-refractivity contribution in [3.63, 3.8) is 0 Å². The number of fused-ring (bicyclic) bond motifs is 8. The fourth-order valence-electron chi connectivity index (χ4n) is 7.42. The van der Waals surface area contributed by atoms with Crippen molar-refractivity contribution in [3.05, 3.63) is 138 Å². The van der Waals surface area contributed by atoms with E-state index in [1.54, 1.807) is 0 Å². The molecule has 3 aromatic carbocycles. The zero-order valence-electron chi connectivity index (χ0n) is 29.7. The molecule has 1 atom stereocenters. The zero-order valence-corrected chi connectivity index (χ0v) is 31.4. The van der Waals surface area contributed by atoms with E-state index < -0.39 is 0 Å². The number of aromatic nitrogens is 4. The highest BCUT2D eigenvalue weighted by molar-refractivity contribution is 8.77. The van der Waals surface area contributed by atoms with E-state index >= 15 is 0 Å². The molecule has 9 rings (SSSR count). The van der Waals surface area contributed by atoms with E-state index in [9.17, 15) is 4.79 Å². The summed E-state index contributed by atoms with van der Waals surface area (Å²) < 4.78 is 0. The van der Waals surface area contributed by atoms with E-state index in [1.165, 1.54) is 18.6 Å². The molecule has 0 aliphatic carbocycles. The molecule has 0 radical (unpaired) electrons. The van der Waals surface area contributed by atoms with E-state index in [1.807, 2.05) is 45.9 Å². The Hall–Kier alpha value is -5.57. The van der Waals surface area contributed by atoms with Crippen LogP contribution in [0.15, 0.2) is 115 Å². The quantitative estimate of drug-likeness (QED) is 0.101. The molecule has 6 aromatic rings. The lowest BCUT2D eigenvalue weighted by atomic mass is 10.0. The molecule has 1 unspecified atom stereocenters. The van der Waals surface area contributed by atoms with Crippen LogP contribution in [0, 0.1) is 0 Å². The maximum absolute atomic E-state index is 12.9. The number of nitrogens with zero attached hydrogens (tertiary/aromatic N) is 2. The first kappa shape index (κ1) is 34.2. The lowest BCUT2D eigenvalue weighted by Crippen LogP contribution is -2.11. The molecular weight excluding hydrogens is 703 g/mol. The predicted molar refractivity (Wildman–Crippen MR) is 231 cm³/mol. The second kappa shape index (κ2) is 15.4. The van der Waals surface area contributed by atoms with Gasteiger partial charge in [0.05, 0.1) is 22.8 Å². The van der Waals surface area contributed by atoms with Gasteiger partial charge >= 0.3 is 0 Å². The van der Waals surface area contributed by atoms with Crippen molar-refractivity contribution in [1.82, 2.24) is 19.9 Å². The summed E-state index contributed by atoms with van der Waals surface area (Å²) in [6.45, 7) is 0. The van der Waals surface area contributed by atoms with E-state index in [4.69, 9.17) is 9.97 Å². The number of hydrogen-bond donors (Lipinski definition) is 3. The highest BCUT2D eigenvalue weighted by Gasteiger charge is 2.19. The van der Waals surface area contributed by atoms with Crippen LogP contribution >= 0.6 is 21.6 Å². The van der Waals surface area contributed by atoms with E-state index in [-0.39, 0.29) is 5.91 Å². The maximum Gasteiger partial charge on any atom is 0.224 e. The number of anilines is 1. The number of hydrogen-bond acceptors (Lipinski definition) is 5. The lowest BCUT2D eigenvalue weighted by Gasteiger charge is -2.09. The van der Waals surface area contributed by atoms with E-state index in [0.29, 0.717) is 6.42 Å². The summed E-state index contributed by atoms with van der Waals surface area (Å²) in [6, 6.07) is 39.5. The van der Waals surface area contributed by atoms with Gasteiger partial charge < -0.3 is 15.3 Å². The standard InChI is InChI=1S/C46H39N5OS2/c52-43(14-8-7-13-36-27-28-53-54-36)49-33-17-15-32(16-18-33)46-41-25-23-39(50-41)44(30-9-3-1-4-10-30)37-21-19-34(47-37)29-35-20-22-38(48-35)45(31-11-5-2-6-12-31)40-24-26-42(46)51-40/h1-6,9-12,15-26,29,36,47-48H,7-8,13-14,27-28H2,(H,49,52). The number of amides is 1. The lowest BCUT2D eigenvalue weighted by molar-refractivity contribution is -0.116. The summed E-state index contributed by atoms with van der Waals surface area (Å²) in [6.07, 6.45) is 13.4. The number of carbonyl (C=O) groups is 1. The van der Waals surface area contributed by atoms with Crippen molar-refractivity contribution in [2.24, 2.45) is 0 Å². The molecule has 1 amide bonds. The Bertz CT molecular complexity index is 2410. The van der Waals surface area contributed by atoms with Crippen LogP contribution < -0.4 is 5.32 Å². The van der Waals surface area contributed by atoms with Crippen molar-refractivity contribution in [3.8, 4) is 33.4 Å². The van der Waals surface area contributed by atoms with Gasteiger partial charge in [0, 0.05) is 61.9 Å². The number of unbranched alkanes of at least 4 members (excludes halogenated alkanes) is 1. The molecule has 3 aromatic heterocycles. The van der Waals surface area contributed by atoms with Gasteiger partial charge in [-0.15, -0.1) is 0 Å². The van der Waals surface area contributed by atoms with Gasteiger partial charge in [-0.2, -0.15) is 0 Å². The minimum atomic E-state index is 0.0590. The van der Waals surface area contributed by atoms with Crippen molar-refractivity contribution >= 4 is 79.6 Å². The predicted octanol–water partition coefficient (Wildman–Crippen LogP) is 12.3. The monoisotopic (exact) mass is 741 g/mol. The molecule has 3 aliphatic heterocycles. The molecule has 6 heterocycles. The first-order valence-electron chi connectivity index (χ1n) is 18.6. The smallest absolute Gasteiger partial charge is 0.224 e. The Labute approximate surface area is 322 Å². The highest BCUT2D eigenvalue weighted by atomic mass is 33.1. The van der Waals surface area contributed by atoms with Crippen molar-refractivity contribution in [2.75, 3.05) is 11.1 Å². The molecule has 8 heteroatoms. The summed E-state index contributed by atoms with van der Waals surface area (Å²) in [5.74, 6) is 1.31. The summed E-state index contributed by atoms with van der Waals surface area (Å²) in [7, 11) is 3.98. The molecular formula is C46H39N5OS2. The number of benzene rings is 3. The van der Waals surface area contributed by atoms with Crippen LogP contribution in [0.3, 0.4) is 0 Å². The minimum absolute atomic E-state index is 0.0590. The van der Waals surface area contributed by atoms with Gasteiger partial charge in [-0.1, -0.05) is 101 Å². The van der Waals surface area contributed by atoms with Crippen molar-refractivity contribution in [1.29, 1.82) is 0 Å². The summed E-state index contributed by atoms with van der Waals surface area (Å²) in [5.41, 5.74) is 14.2. The molecule has 54 heavy (non-hydrogen) atoms. The van der Waals surface area contributed by atoms with Gasteiger partial charge in [0.2, 0.25) is 5.91 Å². The zero-order chi connectivity index (χ0) is 36.3. The summed E-state index contributed by atoms with van der Waals surface area (Å²) >= 11 is 0. The third-order valence-corrected chi connectivity index (χ3v) is 13.1. The first-order valence-corrected chi connectivity index (χ1v) is 21.0. The van der Waals surface area contributed by atoms with Gasteiger partial charge in [-0.25, -0.2) is 9.97 Å². The molecule has 0 spiro atoms. The van der Waals surface area contributed by atoms with E-state index in [2.05, 4.69) is 131 Å². The first-order chi connectivity index (χ1) is 26.6. The van der Waals surface area contributed by atoms with Crippen molar-refractivity contribution < 1.29 is 4.79 Å². The van der Waals surface area contributed by atoms with Crippen LogP contribution in [0.4, 0.5) is 5.69 Å². The second-order valence-corrected chi connectivity index (χ2v) is 16.6. The molecule has 8 bridgehead atoms. The van der Waals surface area contributed by atoms with Gasteiger partial charge in [-0.3, -0.25) is 4.79 Å². The van der Waals surface area contributed by atoms with Gasteiger partial charge in [0.1, 0.15) is 0 Å². The Balaban J connectivity index is 1.17. The fraction of sp³-hybridized carbons (Fsp3) is 0.152. The maximum atomic E-state index is 12.9. The van der Waals surface area contributed by atoms with Crippen LogP contribution in [0.2, 0.25) is 0 Å². The van der Waals surface area contributed by atoms with Gasteiger partial charge in [0.25, 0.3) is 0 Å². The average molecular weight is 742 g/mol. The topological polar surface area (TPSA) is 86.5 Å². The Morgan fingerprint density at radius 2 is 1.17 bits per heavy atom. The normalized spacial score (nSPS) is 14.8. The Morgan fingerprint density at radius 1 is 0.630 bits per heavy atom. The second-order valence-electron chi connectivity index (χ2n) is 13.8. The SMILES string of the molecule is O=C(CCCCC1CCSS1)Nc1ccc(-c2c3nc(c(-c4ccccc4)c4ccc(cc5ccc([nH]5)c(-c5ccccc5)c5nc2C=C5)[nH]4)C=C3)cc1. The van der Waals surface area contributed by atoms with Crippen LogP contribution in [-0.2, 0) is 4.79 Å². The molecule has 266 valence electrons. The van der Waals surface area contributed by atoms with Crippen molar-refractivity contribution in [2.45, 2.75) is 37.4 Å². The number of rotatable bonds is 9. The number of nitrogens with one attached hydrogen (secondary N) is 3. The fourth-order valence-corrected chi connectivity index (χ4v) is 10.4. The minimum Gasteiger partial charge on any atom is -0.355 e. The molecule has 6 nitrogen and oxygen atoms in total. The van der Waals surface area contributed by atoms with Crippen LogP contribution in [-0.4, -0.2) is 36.8 Å². The van der Waals surface area contributed by atoms with Crippen LogP contribution in [0.25, 0.3) is 79.8 Å². The number of aromatic amines is 2. The third-order valence-electron chi connectivity index (χ3n) is 10.1. The van der Waals surface area contributed by atoms with Gasteiger partial charge in [0.15, 0.2) is 0 Å². The summed E-state index contributed by atoms with van der Waals surface area (Å²) in [5, 5.41) is 3.87.